The van der Waals surface area contributed by atoms with E-state index in [0.717, 1.165) is 0 Å². The lowest BCUT2D eigenvalue weighted by Crippen LogP contribution is -2.32. The van der Waals surface area contributed by atoms with Crippen LogP contribution in [0.1, 0.15) is 6.42 Å². The van der Waals surface area contributed by atoms with Gasteiger partial charge in [-0.25, -0.2) is 0 Å². The van der Waals surface area contributed by atoms with E-state index in [1.807, 2.05) is 0 Å². The Hall–Kier alpha value is -0.450. The Labute approximate surface area is 66.1 Å². The van der Waals surface area contributed by atoms with Crippen LogP contribution in [0, 0.1) is 0 Å². The van der Waals surface area contributed by atoms with Crippen molar-refractivity contribution in [2.45, 2.75) is 18.6 Å². The van der Waals surface area contributed by atoms with Gasteiger partial charge >= 0.3 is 0 Å². The normalized spacial score (nSPS) is 15.9. The summed E-state index contributed by atoms with van der Waals surface area (Å²) in [5.74, 6) is 0. The molecule has 0 heterocycles. The maximum absolute atomic E-state index is 10.1. The molecule has 0 aromatic heterocycles. The molecule has 0 spiro atoms. The summed E-state index contributed by atoms with van der Waals surface area (Å²) in [6.07, 6.45) is -0.267. The number of ether oxygens (including phenoxy) is 2. The topological polar surface area (TPSA) is 55.8 Å². The second kappa shape index (κ2) is 6.27. The van der Waals surface area contributed by atoms with Crippen molar-refractivity contribution in [2.75, 3.05) is 20.8 Å². The van der Waals surface area contributed by atoms with Crippen LogP contribution in [-0.2, 0) is 14.3 Å². The Kier molecular flexibility index (Phi) is 6.02. The molecule has 0 aromatic carbocycles. The molecule has 0 aliphatic rings. The third-order valence-corrected chi connectivity index (χ3v) is 1.40. The Balaban J connectivity index is 3.70. The fourth-order valence-electron chi connectivity index (χ4n) is 0.783. The molecule has 2 atom stereocenters. The average molecular weight is 162 g/mol. The maximum Gasteiger partial charge on any atom is 0.122 e. The molecule has 0 aliphatic heterocycles. The van der Waals surface area contributed by atoms with Gasteiger partial charge in [-0.05, 0) is 0 Å². The van der Waals surface area contributed by atoms with Crippen LogP contribution in [0.25, 0.3) is 0 Å². The van der Waals surface area contributed by atoms with Gasteiger partial charge in [-0.2, -0.15) is 0 Å². The number of aldehydes is 1. The number of aliphatic hydroxyl groups is 1. The summed E-state index contributed by atoms with van der Waals surface area (Å²) in [6.45, 7) is 0.187. The first kappa shape index (κ1) is 10.6. The predicted molar refractivity (Wildman–Crippen MR) is 39.4 cm³/mol. The van der Waals surface area contributed by atoms with Crippen LogP contribution in [0.5, 0.6) is 0 Å². The minimum absolute atomic E-state index is 0.187. The molecular formula is C7H14O4. The van der Waals surface area contributed by atoms with E-state index >= 15 is 0 Å². The molecular weight excluding hydrogens is 148 g/mol. The Morgan fingerprint density at radius 3 is 2.55 bits per heavy atom. The van der Waals surface area contributed by atoms with E-state index in [1.165, 1.54) is 14.2 Å². The molecule has 0 bridgehead atoms. The minimum atomic E-state index is -0.727. The summed E-state index contributed by atoms with van der Waals surface area (Å²) in [6, 6.07) is 0. The lowest BCUT2D eigenvalue weighted by Gasteiger charge is -2.18. The van der Waals surface area contributed by atoms with E-state index in [-0.39, 0.29) is 13.0 Å². The molecule has 4 nitrogen and oxygen atoms in total. The zero-order valence-electron chi connectivity index (χ0n) is 6.82. The highest BCUT2D eigenvalue weighted by Crippen LogP contribution is 2.01. The van der Waals surface area contributed by atoms with Crippen molar-refractivity contribution in [1.82, 2.24) is 0 Å². The van der Waals surface area contributed by atoms with E-state index in [9.17, 15) is 9.90 Å². The molecule has 0 aliphatic carbocycles. The van der Waals surface area contributed by atoms with Gasteiger partial charge in [0.1, 0.15) is 12.4 Å². The highest BCUT2D eigenvalue weighted by atomic mass is 16.5. The minimum Gasteiger partial charge on any atom is -0.388 e. The molecule has 2 unspecified atom stereocenters. The Bertz CT molecular complexity index is 105. The van der Waals surface area contributed by atoms with Crippen LogP contribution in [0.15, 0.2) is 0 Å². The highest BCUT2D eigenvalue weighted by molar-refractivity contribution is 5.50. The van der Waals surface area contributed by atoms with Crippen LogP contribution in [0.3, 0.4) is 0 Å². The fraction of sp³-hybridized carbons (Fsp3) is 0.857. The van der Waals surface area contributed by atoms with E-state index in [1.54, 1.807) is 0 Å². The van der Waals surface area contributed by atoms with Crippen LogP contribution in [-0.4, -0.2) is 44.4 Å². The molecule has 0 fully saturated rings. The standard InChI is InChI=1S/C7H14O4/c1-10-5-6(9)7(11-2)3-4-8/h4,6-7,9H,3,5H2,1-2H3. The number of hydrogen-bond acceptors (Lipinski definition) is 4. The first-order chi connectivity index (χ1) is 5.26. The van der Waals surface area contributed by atoms with Crippen molar-refractivity contribution in [3.8, 4) is 0 Å². The second-order valence-electron chi connectivity index (χ2n) is 2.20. The summed E-state index contributed by atoms with van der Waals surface area (Å²) in [7, 11) is 2.93. The van der Waals surface area contributed by atoms with Gasteiger partial charge in [0.2, 0.25) is 0 Å². The van der Waals surface area contributed by atoms with Gasteiger partial charge in [0.25, 0.3) is 0 Å². The lowest BCUT2D eigenvalue weighted by molar-refractivity contribution is -0.113. The van der Waals surface area contributed by atoms with Crippen molar-refractivity contribution in [2.24, 2.45) is 0 Å². The summed E-state index contributed by atoms with van der Waals surface area (Å²) in [5, 5.41) is 9.23. The number of rotatable bonds is 6. The quantitative estimate of drug-likeness (QED) is 0.540. The number of hydrogen-bond donors (Lipinski definition) is 1. The molecule has 1 N–H and O–H groups in total. The third kappa shape index (κ3) is 4.08. The molecule has 4 heteroatoms. The van der Waals surface area contributed by atoms with E-state index in [0.29, 0.717) is 6.29 Å². The van der Waals surface area contributed by atoms with Crippen LogP contribution in [0.4, 0.5) is 0 Å². The van der Waals surface area contributed by atoms with Gasteiger partial charge in [0, 0.05) is 20.6 Å². The van der Waals surface area contributed by atoms with Crippen LogP contribution in [0.2, 0.25) is 0 Å². The fourth-order valence-corrected chi connectivity index (χ4v) is 0.783. The second-order valence-corrected chi connectivity index (χ2v) is 2.20. The molecule has 0 amide bonds. The molecule has 0 saturated carbocycles. The van der Waals surface area contributed by atoms with Crippen molar-refractivity contribution >= 4 is 6.29 Å². The van der Waals surface area contributed by atoms with E-state index in [4.69, 9.17) is 4.74 Å². The first-order valence-electron chi connectivity index (χ1n) is 3.39. The van der Waals surface area contributed by atoms with Crippen LogP contribution < -0.4 is 0 Å². The summed E-state index contributed by atoms with van der Waals surface area (Å²) < 4.78 is 9.53. The van der Waals surface area contributed by atoms with Gasteiger partial charge in [-0.3, -0.25) is 0 Å². The maximum atomic E-state index is 10.1. The Morgan fingerprint density at radius 2 is 2.18 bits per heavy atom. The molecule has 0 aromatic rings. The van der Waals surface area contributed by atoms with E-state index in [2.05, 4.69) is 4.74 Å². The summed E-state index contributed by atoms with van der Waals surface area (Å²) >= 11 is 0. The predicted octanol–water partition coefficient (Wildman–Crippen LogP) is -0.402. The summed E-state index contributed by atoms with van der Waals surface area (Å²) in [5.41, 5.74) is 0. The highest BCUT2D eigenvalue weighted by Gasteiger charge is 2.17. The van der Waals surface area contributed by atoms with E-state index < -0.39 is 12.2 Å². The smallest absolute Gasteiger partial charge is 0.122 e. The molecule has 0 saturated heterocycles. The van der Waals surface area contributed by atoms with Gasteiger partial charge in [0.05, 0.1) is 12.7 Å². The van der Waals surface area contributed by atoms with Crippen molar-refractivity contribution in [3.05, 3.63) is 0 Å². The first-order valence-corrected chi connectivity index (χ1v) is 3.39. The van der Waals surface area contributed by atoms with Crippen molar-refractivity contribution in [3.63, 3.8) is 0 Å². The zero-order chi connectivity index (χ0) is 8.69. The van der Waals surface area contributed by atoms with Gasteiger partial charge in [-0.15, -0.1) is 0 Å². The number of aliphatic hydroxyl groups excluding tert-OH is 1. The number of carbonyl (C=O) groups excluding carboxylic acids is 1. The van der Waals surface area contributed by atoms with Gasteiger partial charge in [-0.1, -0.05) is 0 Å². The van der Waals surface area contributed by atoms with Crippen molar-refractivity contribution in [1.29, 1.82) is 0 Å². The number of methoxy groups -OCH3 is 2. The largest absolute Gasteiger partial charge is 0.388 e. The SMILES string of the molecule is COCC(O)C(CC=O)OC. The van der Waals surface area contributed by atoms with Crippen molar-refractivity contribution < 1.29 is 19.4 Å². The van der Waals surface area contributed by atoms with Gasteiger partial charge in [0.15, 0.2) is 0 Å². The Morgan fingerprint density at radius 1 is 1.55 bits per heavy atom. The lowest BCUT2D eigenvalue weighted by atomic mass is 10.1. The molecule has 11 heavy (non-hydrogen) atoms. The monoisotopic (exact) mass is 162 g/mol. The molecule has 0 radical (unpaired) electrons. The summed E-state index contributed by atoms with van der Waals surface area (Å²) in [4.78, 5) is 10.1. The molecule has 66 valence electrons. The molecule has 0 rings (SSSR count). The van der Waals surface area contributed by atoms with Crippen LogP contribution >= 0.6 is 0 Å². The third-order valence-electron chi connectivity index (χ3n) is 1.40. The van der Waals surface area contributed by atoms with Gasteiger partial charge < -0.3 is 19.4 Å². The average Bonchev–Trinajstić information content (AvgIpc) is 2.00. The number of carbonyl (C=O) groups is 1. The zero-order valence-corrected chi connectivity index (χ0v) is 6.82.